The van der Waals surface area contributed by atoms with Crippen LogP contribution in [0.1, 0.15) is 12.0 Å². The van der Waals surface area contributed by atoms with Crippen molar-refractivity contribution in [3.05, 3.63) is 52.6 Å². The average molecular weight is 417 g/mol. The van der Waals surface area contributed by atoms with Crippen molar-refractivity contribution in [1.82, 2.24) is 9.88 Å². The monoisotopic (exact) mass is 416 g/mol. The molecule has 1 aromatic carbocycles. The van der Waals surface area contributed by atoms with E-state index in [1.54, 1.807) is 24.2 Å². The highest BCUT2D eigenvalue weighted by Crippen LogP contribution is 2.26. The lowest BCUT2D eigenvalue weighted by molar-refractivity contribution is -0.121. The van der Waals surface area contributed by atoms with Crippen molar-refractivity contribution < 1.29 is 9.59 Å². The normalized spacial score (nSPS) is 13.4. The molecule has 1 aliphatic rings. The fourth-order valence-corrected chi connectivity index (χ4v) is 3.28. The Labute approximate surface area is 161 Å². The molecule has 0 bridgehead atoms. The number of aromatic nitrogens is 1. The second-order valence-electron chi connectivity index (χ2n) is 6.36. The van der Waals surface area contributed by atoms with Crippen LogP contribution in [0, 0.1) is 0 Å². The Balaban J connectivity index is 1.54. The molecule has 6 nitrogen and oxygen atoms in total. The number of amides is 2. The summed E-state index contributed by atoms with van der Waals surface area (Å²) in [6, 6.07) is 11.5. The Bertz CT molecular complexity index is 794. The Kier molecular flexibility index (Phi) is 6.00. The molecule has 0 saturated heterocycles. The van der Waals surface area contributed by atoms with Crippen molar-refractivity contribution in [1.29, 1.82) is 0 Å². The fourth-order valence-electron chi connectivity index (χ4n) is 3.04. The van der Waals surface area contributed by atoms with Crippen LogP contribution in [-0.4, -0.2) is 48.4 Å². The zero-order chi connectivity index (χ0) is 18.5. The van der Waals surface area contributed by atoms with Gasteiger partial charge in [-0.3, -0.25) is 14.5 Å². The number of anilines is 2. The predicted octanol–water partition coefficient (Wildman–Crippen LogP) is 2.69. The number of para-hydroxylation sites is 1. The van der Waals surface area contributed by atoms with Gasteiger partial charge < -0.3 is 10.2 Å². The van der Waals surface area contributed by atoms with Gasteiger partial charge >= 0.3 is 0 Å². The zero-order valence-electron chi connectivity index (χ0n) is 14.6. The van der Waals surface area contributed by atoms with E-state index in [4.69, 9.17) is 0 Å². The summed E-state index contributed by atoms with van der Waals surface area (Å²) in [4.78, 5) is 32.5. The molecule has 2 aromatic rings. The van der Waals surface area contributed by atoms with Crippen molar-refractivity contribution in [2.45, 2.75) is 12.8 Å². The second-order valence-corrected chi connectivity index (χ2v) is 7.28. The minimum Gasteiger partial charge on any atom is -0.311 e. The largest absolute Gasteiger partial charge is 0.311 e. The van der Waals surface area contributed by atoms with E-state index in [0.717, 1.165) is 29.5 Å². The molecule has 0 fully saturated rings. The summed E-state index contributed by atoms with van der Waals surface area (Å²) in [5.74, 6) is 0.297. The number of rotatable bonds is 5. The summed E-state index contributed by atoms with van der Waals surface area (Å²) < 4.78 is 0.847. The maximum Gasteiger partial charge on any atom is 0.241 e. The lowest BCUT2D eigenvalue weighted by Gasteiger charge is -2.30. The smallest absolute Gasteiger partial charge is 0.241 e. The lowest BCUT2D eigenvalue weighted by Crippen LogP contribution is -2.43. The van der Waals surface area contributed by atoms with Gasteiger partial charge in [0.25, 0.3) is 0 Å². The Morgan fingerprint density at radius 1 is 1.23 bits per heavy atom. The molecule has 0 radical (unpaired) electrons. The van der Waals surface area contributed by atoms with Crippen LogP contribution >= 0.6 is 15.9 Å². The number of likely N-dealkylation sites (N-methyl/N-ethyl adjacent to an activating group) is 1. The standard InChI is InChI=1S/C19H21BrN4O2/c1-23(12-18(25)22-17-9-8-15(20)11-21-17)13-19(26)24-10-4-6-14-5-2-3-7-16(14)24/h2-3,5,7-9,11H,4,6,10,12-13H2,1H3,(H,21,22,25). The quantitative estimate of drug-likeness (QED) is 0.813. The van der Waals surface area contributed by atoms with Gasteiger partial charge in [0.1, 0.15) is 5.82 Å². The van der Waals surface area contributed by atoms with Crippen LogP contribution in [0.3, 0.4) is 0 Å². The molecule has 7 heteroatoms. The number of hydrogen-bond donors (Lipinski definition) is 1. The van der Waals surface area contributed by atoms with Crippen LogP contribution in [0.2, 0.25) is 0 Å². The van der Waals surface area contributed by atoms with Crippen LogP contribution in [0.15, 0.2) is 47.1 Å². The number of nitrogens with zero attached hydrogens (tertiary/aromatic N) is 3. The summed E-state index contributed by atoms with van der Waals surface area (Å²) in [5.41, 5.74) is 2.19. The average Bonchev–Trinajstić information content (AvgIpc) is 2.63. The van der Waals surface area contributed by atoms with E-state index < -0.39 is 0 Å². The van der Waals surface area contributed by atoms with Crippen molar-refractivity contribution in [3.8, 4) is 0 Å². The molecule has 0 aliphatic carbocycles. The van der Waals surface area contributed by atoms with E-state index in [2.05, 4.69) is 32.3 Å². The molecular weight excluding hydrogens is 396 g/mol. The van der Waals surface area contributed by atoms with E-state index in [1.807, 2.05) is 29.2 Å². The van der Waals surface area contributed by atoms with Crippen molar-refractivity contribution in [2.24, 2.45) is 0 Å². The third-order valence-electron chi connectivity index (χ3n) is 4.22. The third-order valence-corrected chi connectivity index (χ3v) is 4.69. The van der Waals surface area contributed by atoms with Crippen LogP contribution in [0.5, 0.6) is 0 Å². The molecule has 1 N–H and O–H groups in total. The first kappa shape index (κ1) is 18.5. The first-order valence-corrected chi connectivity index (χ1v) is 9.30. The SMILES string of the molecule is CN(CC(=O)Nc1ccc(Br)cn1)CC(=O)N1CCCc2ccccc21. The van der Waals surface area contributed by atoms with Crippen LogP contribution in [0.4, 0.5) is 11.5 Å². The number of nitrogens with one attached hydrogen (secondary N) is 1. The molecule has 2 heterocycles. The topological polar surface area (TPSA) is 65.5 Å². The van der Waals surface area contributed by atoms with Crippen LogP contribution in [-0.2, 0) is 16.0 Å². The molecule has 3 rings (SSSR count). The van der Waals surface area contributed by atoms with Crippen LogP contribution in [0.25, 0.3) is 0 Å². The third kappa shape index (κ3) is 4.68. The van der Waals surface area contributed by atoms with Crippen molar-refractivity contribution in [2.75, 3.05) is 36.9 Å². The number of carbonyl (C=O) groups is 2. The van der Waals surface area contributed by atoms with Gasteiger partial charge in [0, 0.05) is 22.9 Å². The number of fused-ring (bicyclic) bond motifs is 1. The molecule has 0 spiro atoms. The molecule has 1 aromatic heterocycles. The van der Waals surface area contributed by atoms with E-state index in [0.29, 0.717) is 5.82 Å². The number of pyridine rings is 1. The fraction of sp³-hybridized carbons (Fsp3) is 0.316. The van der Waals surface area contributed by atoms with Gasteiger partial charge in [-0.25, -0.2) is 4.98 Å². The molecule has 0 atom stereocenters. The summed E-state index contributed by atoms with van der Waals surface area (Å²) in [6.45, 7) is 1.03. The number of carbonyl (C=O) groups excluding carboxylic acids is 2. The van der Waals surface area contributed by atoms with Gasteiger partial charge in [0.2, 0.25) is 11.8 Å². The minimum atomic E-state index is -0.200. The highest BCUT2D eigenvalue weighted by Gasteiger charge is 2.23. The van der Waals surface area contributed by atoms with E-state index in [1.165, 1.54) is 5.56 Å². The highest BCUT2D eigenvalue weighted by atomic mass is 79.9. The molecule has 0 unspecified atom stereocenters. The van der Waals surface area contributed by atoms with Crippen LogP contribution < -0.4 is 10.2 Å². The van der Waals surface area contributed by atoms with Gasteiger partial charge in [0.15, 0.2) is 0 Å². The summed E-state index contributed by atoms with van der Waals surface area (Å²) >= 11 is 3.30. The second kappa shape index (κ2) is 8.42. The number of benzene rings is 1. The van der Waals surface area contributed by atoms with Gasteiger partial charge in [-0.05, 0) is 59.6 Å². The number of halogens is 1. The maximum atomic E-state index is 12.7. The van der Waals surface area contributed by atoms with Gasteiger partial charge in [-0.1, -0.05) is 18.2 Å². The predicted molar refractivity (Wildman–Crippen MR) is 105 cm³/mol. The first-order valence-electron chi connectivity index (χ1n) is 8.51. The molecule has 1 aliphatic heterocycles. The van der Waals surface area contributed by atoms with Gasteiger partial charge in [-0.15, -0.1) is 0 Å². The maximum absolute atomic E-state index is 12.7. The van der Waals surface area contributed by atoms with Gasteiger partial charge in [0.05, 0.1) is 13.1 Å². The summed E-state index contributed by atoms with van der Waals surface area (Å²) in [7, 11) is 1.77. The number of hydrogen-bond acceptors (Lipinski definition) is 4. The van der Waals surface area contributed by atoms with Crippen molar-refractivity contribution in [3.63, 3.8) is 0 Å². The number of aryl methyl sites for hydroxylation is 1. The molecular formula is C19H21BrN4O2. The lowest BCUT2D eigenvalue weighted by atomic mass is 10.0. The van der Waals surface area contributed by atoms with E-state index >= 15 is 0 Å². The van der Waals surface area contributed by atoms with E-state index in [-0.39, 0.29) is 24.9 Å². The molecule has 2 amide bonds. The molecule has 26 heavy (non-hydrogen) atoms. The summed E-state index contributed by atoms with van der Waals surface area (Å²) in [6.07, 6.45) is 3.58. The summed E-state index contributed by atoms with van der Waals surface area (Å²) in [5, 5.41) is 2.73. The van der Waals surface area contributed by atoms with Gasteiger partial charge in [-0.2, -0.15) is 0 Å². The Morgan fingerprint density at radius 3 is 2.81 bits per heavy atom. The molecule has 0 saturated carbocycles. The van der Waals surface area contributed by atoms with E-state index in [9.17, 15) is 9.59 Å². The Morgan fingerprint density at radius 2 is 2.04 bits per heavy atom. The minimum absolute atomic E-state index is 0.00853. The van der Waals surface area contributed by atoms with Crippen molar-refractivity contribution >= 4 is 39.2 Å². The molecule has 136 valence electrons. The Hall–Kier alpha value is -2.25. The highest BCUT2D eigenvalue weighted by molar-refractivity contribution is 9.10. The zero-order valence-corrected chi connectivity index (χ0v) is 16.2. The first-order chi connectivity index (χ1) is 12.5.